The van der Waals surface area contributed by atoms with Crippen LogP contribution in [0, 0.1) is 30.6 Å². The number of hydrogen-bond acceptors (Lipinski definition) is 13. The summed E-state index contributed by atoms with van der Waals surface area (Å²) < 4.78 is 0. The van der Waals surface area contributed by atoms with Crippen molar-refractivity contribution in [1.29, 1.82) is 0 Å². The summed E-state index contributed by atoms with van der Waals surface area (Å²) >= 11 is 5.08. The first-order valence-electron chi connectivity index (χ1n) is 7.43. The fraction of sp³-hybridized carbons (Fsp3) is 0.154. The molecule has 2 aromatic rings. The number of aromatic nitrogens is 4. The molecule has 170 valence electrons. The fourth-order valence-corrected chi connectivity index (χ4v) is 1.47. The second-order valence-electron chi connectivity index (χ2n) is 4.58. The van der Waals surface area contributed by atoms with Crippen molar-refractivity contribution in [2.24, 2.45) is 10.2 Å². The summed E-state index contributed by atoms with van der Waals surface area (Å²) in [4.78, 5) is 32.7. The van der Waals surface area contributed by atoms with E-state index < -0.39 is 10.2 Å². The minimum Gasteiger partial charge on any atom is -0.412 e. The zero-order chi connectivity index (χ0) is 22.9. The van der Waals surface area contributed by atoms with Crippen molar-refractivity contribution in [2.45, 2.75) is 13.8 Å². The van der Waals surface area contributed by atoms with E-state index in [9.17, 15) is 0 Å². The van der Waals surface area contributed by atoms with E-state index in [0.717, 1.165) is 0 Å². The van der Waals surface area contributed by atoms with E-state index >= 15 is 0 Å². The smallest absolute Gasteiger partial charge is 0.412 e. The molecule has 17 nitrogen and oxygen atoms in total. The third kappa shape index (κ3) is 18.5. The SMILES string of the molecule is C/C(=N\NC(=S)N/N=C(\C)c1cnccn1)c1cnccn1.O.O=[N+]([O-])[O-].O=[N+]([O-])[O-].[Bi+3]. The summed E-state index contributed by atoms with van der Waals surface area (Å²) in [6, 6.07) is 0. The number of nitrogens with zero attached hydrogens (tertiary/aromatic N) is 8. The quantitative estimate of drug-likeness (QED) is 0.133. The van der Waals surface area contributed by atoms with Crippen molar-refractivity contribution in [3.63, 3.8) is 0 Å². The van der Waals surface area contributed by atoms with E-state index in [0.29, 0.717) is 22.8 Å². The standard InChI is InChI=1S/C13H14N8S.Bi.2NO3.H2O/c1-9(11-7-14-3-5-16-11)18-20-13(22)21-19-10(2)12-8-15-4-6-17-12;;2*2-1(3)4;/h3-8H,1-2H3,(H2,20,21,22);;;;1H2/q;+3;2*-1;/b18-9+,19-10+;;;;. The largest absolute Gasteiger partial charge is 3.00 e. The summed E-state index contributed by atoms with van der Waals surface area (Å²) in [5.41, 5.74) is 8.02. The Balaban J connectivity index is -0.000000729. The van der Waals surface area contributed by atoms with Gasteiger partial charge in [0, 0.05) is 24.8 Å². The number of hydrogen-bond donors (Lipinski definition) is 2. The van der Waals surface area contributed by atoms with Gasteiger partial charge in [-0.05, 0) is 26.1 Å². The van der Waals surface area contributed by atoms with Crippen LogP contribution in [0.15, 0.2) is 47.4 Å². The van der Waals surface area contributed by atoms with Crippen LogP contribution in [-0.4, -0.2) is 78.3 Å². The molecule has 0 spiro atoms. The van der Waals surface area contributed by atoms with E-state index in [1.807, 2.05) is 0 Å². The number of hydrazone groups is 2. The molecule has 0 fully saturated rings. The van der Waals surface area contributed by atoms with Gasteiger partial charge in [0.2, 0.25) is 5.11 Å². The van der Waals surface area contributed by atoms with Gasteiger partial charge in [-0.15, -0.1) is 0 Å². The van der Waals surface area contributed by atoms with Crippen LogP contribution in [0.25, 0.3) is 0 Å². The second kappa shape index (κ2) is 19.4. The van der Waals surface area contributed by atoms with Crippen molar-refractivity contribution in [2.75, 3.05) is 0 Å². The summed E-state index contributed by atoms with van der Waals surface area (Å²) in [6.45, 7) is 3.60. The van der Waals surface area contributed by atoms with Crippen LogP contribution < -0.4 is 10.9 Å². The van der Waals surface area contributed by atoms with E-state index in [4.69, 9.17) is 42.9 Å². The maximum Gasteiger partial charge on any atom is 3.00 e. The van der Waals surface area contributed by atoms with Gasteiger partial charge in [-0.25, -0.2) is 0 Å². The van der Waals surface area contributed by atoms with Gasteiger partial charge in [-0.3, -0.25) is 30.8 Å². The minimum absolute atomic E-state index is 0. The molecule has 0 saturated carbocycles. The number of rotatable bonds is 4. The average Bonchev–Trinajstić information content (AvgIpc) is 2.70. The molecular formula is C13H16BiN10O7S+. The number of nitrogens with one attached hydrogen (secondary N) is 2. The van der Waals surface area contributed by atoms with Crippen LogP contribution in [0.3, 0.4) is 0 Å². The van der Waals surface area contributed by atoms with Gasteiger partial charge in [0.05, 0.1) is 34.0 Å². The van der Waals surface area contributed by atoms with Crippen LogP contribution in [0.5, 0.6) is 0 Å². The predicted molar refractivity (Wildman–Crippen MR) is 117 cm³/mol. The summed E-state index contributed by atoms with van der Waals surface area (Å²) in [6.07, 6.45) is 9.63. The number of thiocarbonyl (C=S) groups is 1. The van der Waals surface area contributed by atoms with Gasteiger partial charge in [-0.1, -0.05) is 0 Å². The van der Waals surface area contributed by atoms with Gasteiger partial charge in [0.1, 0.15) is 11.4 Å². The molecule has 0 bridgehead atoms. The van der Waals surface area contributed by atoms with Gasteiger partial charge in [-0.2, -0.15) is 10.2 Å². The molecule has 0 saturated heterocycles. The molecule has 2 radical (unpaired) electrons. The molecule has 0 amide bonds. The first-order valence-corrected chi connectivity index (χ1v) is 7.84. The molecule has 0 unspecified atom stereocenters. The van der Waals surface area contributed by atoms with Crippen LogP contribution in [0.2, 0.25) is 0 Å². The molecule has 32 heavy (non-hydrogen) atoms. The molecular weight excluding hydrogens is 649 g/mol. The van der Waals surface area contributed by atoms with Crippen LogP contribution in [0.1, 0.15) is 25.2 Å². The minimum atomic E-state index is -1.75. The molecule has 4 N–H and O–H groups in total. The third-order valence-corrected chi connectivity index (χ3v) is 2.70. The van der Waals surface area contributed by atoms with Gasteiger partial charge in [0.15, 0.2) is 0 Å². The van der Waals surface area contributed by atoms with E-state index in [2.05, 4.69) is 41.0 Å². The maximum absolute atomic E-state index is 8.25. The molecule has 0 aliphatic heterocycles. The molecule has 2 aromatic heterocycles. The van der Waals surface area contributed by atoms with Crippen LogP contribution in [-0.2, 0) is 0 Å². The Morgan fingerprint density at radius 1 is 0.844 bits per heavy atom. The van der Waals surface area contributed by atoms with E-state index in [-0.39, 0.29) is 36.8 Å². The second-order valence-corrected chi connectivity index (χ2v) is 4.98. The normalized spacial score (nSPS) is 9.69. The van der Waals surface area contributed by atoms with Crippen LogP contribution >= 0.6 is 12.2 Å². The van der Waals surface area contributed by atoms with Crippen molar-refractivity contribution in [1.82, 2.24) is 30.8 Å². The average molecular weight is 665 g/mol. The Morgan fingerprint density at radius 2 is 1.16 bits per heavy atom. The van der Waals surface area contributed by atoms with Crippen molar-refractivity contribution >= 4 is 55.0 Å². The first kappa shape index (κ1) is 33.1. The van der Waals surface area contributed by atoms with E-state index in [1.54, 1.807) is 51.0 Å². The molecule has 19 heteroatoms. The molecule has 0 aromatic carbocycles. The monoisotopic (exact) mass is 665 g/mol. The van der Waals surface area contributed by atoms with Crippen LogP contribution in [0.4, 0.5) is 0 Å². The Kier molecular flexibility index (Phi) is 20.1. The van der Waals surface area contributed by atoms with Gasteiger partial charge < -0.3 is 36.1 Å². The van der Waals surface area contributed by atoms with E-state index in [1.165, 1.54) is 0 Å². The van der Waals surface area contributed by atoms with Gasteiger partial charge >= 0.3 is 26.2 Å². The predicted octanol–water partition coefficient (Wildman–Crippen LogP) is -0.805. The first-order chi connectivity index (χ1) is 14.1. The Bertz CT molecular complexity index is 810. The van der Waals surface area contributed by atoms with Crippen molar-refractivity contribution in [3.05, 3.63) is 79.2 Å². The topological polar surface area (TPSA) is 264 Å². The Morgan fingerprint density at radius 3 is 1.41 bits per heavy atom. The Hall–Kier alpha value is -3.57. The molecule has 0 aliphatic rings. The molecule has 2 rings (SSSR count). The molecule has 0 atom stereocenters. The molecule has 2 heterocycles. The van der Waals surface area contributed by atoms with Crippen molar-refractivity contribution < 1.29 is 15.6 Å². The summed E-state index contributed by atoms with van der Waals surface area (Å²) in [7, 11) is 0. The summed E-state index contributed by atoms with van der Waals surface area (Å²) in [5, 5.41) is 38.0. The Labute approximate surface area is 204 Å². The zero-order valence-corrected chi connectivity index (χ0v) is 20.6. The van der Waals surface area contributed by atoms with Crippen molar-refractivity contribution in [3.8, 4) is 0 Å². The maximum atomic E-state index is 8.25. The molecule has 0 aliphatic carbocycles. The summed E-state index contributed by atoms with van der Waals surface area (Å²) in [5.74, 6) is 0. The zero-order valence-electron chi connectivity index (χ0n) is 16.3. The fourth-order valence-electron chi connectivity index (χ4n) is 1.38. The third-order valence-electron chi connectivity index (χ3n) is 2.52. The van der Waals surface area contributed by atoms with Gasteiger partial charge in [0.25, 0.3) is 0 Å².